The number of benzene rings is 2. The van der Waals surface area contributed by atoms with E-state index in [4.69, 9.17) is 9.47 Å². The van der Waals surface area contributed by atoms with Crippen LogP contribution in [0, 0.1) is 6.92 Å². The second-order valence-electron chi connectivity index (χ2n) is 8.28. The van der Waals surface area contributed by atoms with Crippen molar-refractivity contribution in [1.29, 1.82) is 0 Å². The molecule has 2 aliphatic rings. The molecule has 0 saturated heterocycles. The van der Waals surface area contributed by atoms with Crippen molar-refractivity contribution in [2.24, 2.45) is 0 Å². The number of fused-ring (bicyclic) bond motifs is 3. The van der Waals surface area contributed by atoms with Gasteiger partial charge in [-0.25, -0.2) is 9.48 Å². The molecule has 8 heteroatoms. The number of ether oxygens (including phenoxy) is 2. The third kappa shape index (κ3) is 3.14. The molecule has 2 atom stereocenters. The predicted octanol–water partition coefficient (Wildman–Crippen LogP) is 4.33. The van der Waals surface area contributed by atoms with E-state index < -0.39 is 6.10 Å². The molecule has 0 fully saturated rings. The number of aromatic nitrogens is 4. The summed E-state index contributed by atoms with van der Waals surface area (Å²) in [6.45, 7) is 2.06. The molecule has 34 heavy (non-hydrogen) atoms. The molecule has 2 aromatic heterocycles. The van der Waals surface area contributed by atoms with Gasteiger partial charge in [-0.05, 0) is 48.4 Å². The monoisotopic (exact) mass is 451 g/mol. The molecule has 0 aliphatic carbocycles. The molecule has 6 rings (SSSR count). The van der Waals surface area contributed by atoms with Crippen molar-refractivity contribution in [2.75, 3.05) is 12.4 Å². The maximum Gasteiger partial charge on any atom is 0.337 e. The van der Waals surface area contributed by atoms with E-state index >= 15 is 0 Å². The van der Waals surface area contributed by atoms with Crippen LogP contribution in [-0.4, -0.2) is 32.8 Å². The number of esters is 1. The van der Waals surface area contributed by atoms with Gasteiger partial charge in [0.2, 0.25) is 5.95 Å². The molecule has 1 N–H and O–H groups in total. The molecule has 4 heterocycles. The van der Waals surface area contributed by atoms with Gasteiger partial charge in [0.05, 0.1) is 18.4 Å². The zero-order valence-corrected chi connectivity index (χ0v) is 18.6. The molecule has 0 unspecified atom stereocenters. The molecular formula is C26H21N5O3. The highest BCUT2D eigenvalue weighted by Gasteiger charge is 2.41. The first-order valence-electron chi connectivity index (χ1n) is 10.9. The van der Waals surface area contributed by atoms with E-state index in [2.05, 4.69) is 33.4 Å². The fourth-order valence-electron chi connectivity index (χ4n) is 4.63. The summed E-state index contributed by atoms with van der Waals surface area (Å²) in [5, 5.41) is 8.02. The second kappa shape index (κ2) is 7.84. The largest absolute Gasteiger partial charge is 0.480 e. The first kappa shape index (κ1) is 20.2. The van der Waals surface area contributed by atoms with Crippen LogP contribution in [0.5, 0.6) is 5.75 Å². The normalized spacial score (nSPS) is 18.2. The lowest BCUT2D eigenvalue weighted by molar-refractivity contribution is 0.0600. The lowest BCUT2D eigenvalue weighted by Gasteiger charge is -2.39. The maximum atomic E-state index is 12.0. The van der Waals surface area contributed by atoms with E-state index in [1.807, 2.05) is 47.3 Å². The molecule has 0 amide bonds. The molecular weight excluding hydrogens is 430 g/mol. The van der Waals surface area contributed by atoms with Crippen LogP contribution in [0.15, 0.2) is 78.9 Å². The van der Waals surface area contributed by atoms with Crippen LogP contribution in [0.4, 0.5) is 5.95 Å². The Bertz CT molecular complexity index is 1430. The predicted molar refractivity (Wildman–Crippen MR) is 125 cm³/mol. The van der Waals surface area contributed by atoms with Crippen molar-refractivity contribution in [2.45, 2.75) is 19.1 Å². The summed E-state index contributed by atoms with van der Waals surface area (Å²) >= 11 is 0. The molecule has 2 aromatic carbocycles. The molecule has 8 nitrogen and oxygen atoms in total. The molecule has 0 bridgehead atoms. The minimum Gasteiger partial charge on any atom is -0.480 e. The van der Waals surface area contributed by atoms with Crippen LogP contribution >= 0.6 is 0 Å². The van der Waals surface area contributed by atoms with Gasteiger partial charge < -0.3 is 14.8 Å². The topological polar surface area (TPSA) is 91.2 Å². The van der Waals surface area contributed by atoms with Crippen molar-refractivity contribution >= 4 is 17.6 Å². The first-order valence-corrected chi connectivity index (χ1v) is 10.9. The second-order valence-corrected chi connectivity index (χ2v) is 8.28. The van der Waals surface area contributed by atoms with Crippen molar-refractivity contribution in [3.8, 4) is 5.75 Å². The average molecular weight is 451 g/mol. The Morgan fingerprint density at radius 1 is 1.12 bits per heavy atom. The van der Waals surface area contributed by atoms with Crippen LogP contribution in [0.3, 0.4) is 0 Å². The Hall–Kier alpha value is -4.46. The standard InChI is InChI=1S/C26H21N5O3/c1-15-5-10-20-19(12-15)22-21(24(34-20)16-6-8-17(9-7-16)25(32)33-2)23(18-4-3-11-27-13-18)31-26(30-22)28-14-29-31/h3-14,23-24H,1-2H3,(H,28,29,30)/t23-,24+/m1/s1. The zero-order valence-electron chi connectivity index (χ0n) is 18.6. The molecule has 0 saturated carbocycles. The summed E-state index contributed by atoms with van der Waals surface area (Å²) in [5.74, 6) is 1.05. The Kier molecular flexibility index (Phi) is 4.65. The number of nitrogens with zero attached hydrogens (tertiary/aromatic N) is 4. The van der Waals surface area contributed by atoms with Gasteiger partial charge in [-0.2, -0.15) is 10.1 Å². The third-order valence-corrected chi connectivity index (χ3v) is 6.20. The molecule has 4 aromatic rings. The SMILES string of the molecule is COC(=O)c1ccc([C@@H]2Oc3ccc(C)cc3C3=C2[C@@H](c2cccnc2)n2ncnc2N3)cc1. The summed E-state index contributed by atoms with van der Waals surface area (Å²) in [7, 11) is 1.37. The number of anilines is 1. The number of rotatable bonds is 3. The molecule has 2 aliphatic heterocycles. The lowest BCUT2D eigenvalue weighted by Crippen LogP contribution is -2.32. The smallest absolute Gasteiger partial charge is 0.337 e. The van der Waals surface area contributed by atoms with Crippen molar-refractivity contribution in [1.82, 2.24) is 19.7 Å². The van der Waals surface area contributed by atoms with E-state index in [0.717, 1.165) is 39.3 Å². The quantitative estimate of drug-likeness (QED) is 0.464. The number of carbonyl (C=O) groups is 1. The zero-order chi connectivity index (χ0) is 23.2. The Labute approximate surface area is 195 Å². The Balaban J connectivity index is 1.57. The fraction of sp³-hybridized carbons (Fsp3) is 0.154. The number of carbonyl (C=O) groups excluding carboxylic acids is 1. The Morgan fingerprint density at radius 3 is 2.74 bits per heavy atom. The average Bonchev–Trinajstić information content (AvgIpc) is 3.35. The van der Waals surface area contributed by atoms with Crippen LogP contribution in [0.2, 0.25) is 0 Å². The number of hydrogen-bond acceptors (Lipinski definition) is 7. The number of aryl methyl sites for hydroxylation is 1. The summed E-state index contributed by atoms with van der Waals surface area (Å²) in [6.07, 6.45) is 4.71. The van der Waals surface area contributed by atoms with Crippen LogP contribution in [0.1, 0.15) is 44.8 Å². The van der Waals surface area contributed by atoms with E-state index in [1.54, 1.807) is 24.7 Å². The third-order valence-electron chi connectivity index (χ3n) is 6.20. The van der Waals surface area contributed by atoms with Gasteiger partial charge in [0, 0.05) is 23.5 Å². The first-order chi connectivity index (χ1) is 16.6. The Morgan fingerprint density at radius 2 is 1.97 bits per heavy atom. The summed E-state index contributed by atoms with van der Waals surface area (Å²) in [4.78, 5) is 20.8. The van der Waals surface area contributed by atoms with Crippen LogP contribution in [-0.2, 0) is 4.74 Å². The highest BCUT2D eigenvalue weighted by molar-refractivity contribution is 5.89. The van der Waals surface area contributed by atoms with Gasteiger partial charge in [0.1, 0.15) is 24.2 Å². The molecule has 0 radical (unpaired) electrons. The summed E-state index contributed by atoms with van der Waals surface area (Å²) in [5.41, 5.74) is 6.40. The van der Waals surface area contributed by atoms with Gasteiger partial charge in [0.25, 0.3) is 0 Å². The van der Waals surface area contributed by atoms with Crippen LogP contribution in [0.25, 0.3) is 5.70 Å². The fourth-order valence-corrected chi connectivity index (χ4v) is 4.63. The lowest BCUT2D eigenvalue weighted by atomic mass is 9.84. The van der Waals surface area contributed by atoms with E-state index in [9.17, 15) is 4.79 Å². The highest BCUT2D eigenvalue weighted by atomic mass is 16.5. The van der Waals surface area contributed by atoms with E-state index in [1.165, 1.54) is 7.11 Å². The van der Waals surface area contributed by atoms with Gasteiger partial charge in [-0.3, -0.25) is 4.98 Å². The molecule has 168 valence electrons. The summed E-state index contributed by atoms with van der Waals surface area (Å²) in [6, 6.07) is 17.1. The van der Waals surface area contributed by atoms with E-state index in [0.29, 0.717) is 11.5 Å². The minimum absolute atomic E-state index is 0.276. The van der Waals surface area contributed by atoms with E-state index in [-0.39, 0.29) is 12.0 Å². The minimum atomic E-state index is -0.424. The number of nitrogens with one attached hydrogen (secondary N) is 1. The van der Waals surface area contributed by atoms with Crippen LogP contribution < -0.4 is 10.1 Å². The summed E-state index contributed by atoms with van der Waals surface area (Å²) < 4.78 is 13.3. The molecule has 0 spiro atoms. The van der Waals surface area contributed by atoms with Gasteiger partial charge in [0.15, 0.2) is 0 Å². The number of hydrogen-bond donors (Lipinski definition) is 1. The van der Waals surface area contributed by atoms with Crippen molar-refractivity contribution in [3.63, 3.8) is 0 Å². The van der Waals surface area contributed by atoms with Crippen molar-refractivity contribution in [3.05, 3.63) is 107 Å². The number of pyridine rings is 1. The maximum absolute atomic E-state index is 12.0. The highest BCUT2D eigenvalue weighted by Crippen LogP contribution is 2.50. The number of methoxy groups -OCH3 is 1. The van der Waals surface area contributed by atoms with Gasteiger partial charge in [-0.1, -0.05) is 29.8 Å². The van der Waals surface area contributed by atoms with Gasteiger partial charge in [-0.15, -0.1) is 0 Å². The van der Waals surface area contributed by atoms with Gasteiger partial charge >= 0.3 is 5.97 Å². The van der Waals surface area contributed by atoms with Crippen molar-refractivity contribution < 1.29 is 14.3 Å².